The molecule has 0 atom stereocenters. The Morgan fingerprint density at radius 1 is 1.04 bits per heavy atom. The number of benzene rings is 2. The first-order valence-electron chi connectivity index (χ1n) is 8.58. The number of unbranched alkanes of at least 4 members (excludes halogenated alkanes) is 2. The summed E-state index contributed by atoms with van der Waals surface area (Å²) in [6.45, 7) is 2.16. The number of ether oxygens (including phenoxy) is 1. The molecular formula is C21H26O3. The zero-order chi connectivity index (χ0) is 17.4. The molecule has 2 aromatic rings. The summed E-state index contributed by atoms with van der Waals surface area (Å²) in [5.41, 5.74) is 3.91. The van der Waals surface area contributed by atoms with Crippen LogP contribution in [0.2, 0.25) is 0 Å². The van der Waals surface area contributed by atoms with E-state index in [0.29, 0.717) is 5.56 Å². The molecule has 0 spiro atoms. The van der Waals surface area contributed by atoms with Crippen molar-refractivity contribution in [2.45, 2.75) is 45.4 Å². The molecule has 24 heavy (non-hydrogen) atoms. The van der Waals surface area contributed by atoms with Crippen molar-refractivity contribution in [2.75, 3.05) is 7.11 Å². The number of rotatable bonds is 8. The molecule has 0 heterocycles. The summed E-state index contributed by atoms with van der Waals surface area (Å²) in [6.07, 6.45) is 5.03. The smallest absolute Gasteiger partial charge is 0.310 e. The van der Waals surface area contributed by atoms with Gasteiger partial charge in [0, 0.05) is 5.56 Å². The zero-order valence-corrected chi connectivity index (χ0v) is 14.5. The normalized spacial score (nSPS) is 10.6. The maximum atomic E-state index is 11.6. The number of phenolic OH excluding ortho intramolecular Hbond substituents is 1. The lowest BCUT2D eigenvalue weighted by molar-refractivity contribution is -0.139. The van der Waals surface area contributed by atoms with Crippen LogP contribution in [-0.2, 0) is 28.8 Å². The monoisotopic (exact) mass is 326 g/mol. The summed E-state index contributed by atoms with van der Waals surface area (Å²) in [5.74, 6) is -0.0880. The van der Waals surface area contributed by atoms with E-state index < -0.39 is 0 Å². The summed E-state index contributed by atoms with van der Waals surface area (Å²) in [5, 5.41) is 10.5. The number of carbonyl (C=O) groups is 1. The quantitative estimate of drug-likeness (QED) is 0.576. The van der Waals surface area contributed by atoms with Gasteiger partial charge in [-0.15, -0.1) is 0 Å². The van der Waals surface area contributed by atoms with E-state index >= 15 is 0 Å². The van der Waals surface area contributed by atoms with Gasteiger partial charge < -0.3 is 9.84 Å². The van der Waals surface area contributed by atoms with Gasteiger partial charge in [-0.1, -0.05) is 62.2 Å². The lowest BCUT2D eigenvalue weighted by atomic mass is 9.95. The van der Waals surface area contributed by atoms with Gasteiger partial charge >= 0.3 is 5.97 Å². The van der Waals surface area contributed by atoms with E-state index in [0.717, 1.165) is 43.2 Å². The molecule has 0 aliphatic carbocycles. The number of aromatic hydroxyl groups is 1. The van der Waals surface area contributed by atoms with Crippen molar-refractivity contribution in [3.05, 3.63) is 64.7 Å². The molecule has 0 radical (unpaired) electrons. The summed E-state index contributed by atoms with van der Waals surface area (Å²) >= 11 is 0. The van der Waals surface area contributed by atoms with E-state index in [2.05, 4.69) is 25.1 Å². The first-order valence-corrected chi connectivity index (χ1v) is 8.58. The van der Waals surface area contributed by atoms with Gasteiger partial charge in [-0.2, -0.15) is 0 Å². The van der Waals surface area contributed by atoms with Crippen LogP contribution in [0.15, 0.2) is 42.5 Å². The molecule has 0 fully saturated rings. The summed E-state index contributed by atoms with van der Waals surface area (Å²) in [6, 6.07) is 14.2. The topological polar surface area (TPSA) is 46.5 Å². The Kier molecular flexibility index (Phi) is 6.86. The molecule has 0 saturated carbocycles. The third-order valence-corrected chi connectivity index (χ3v) is 4.19. The Morgan fingerprint density at radius 2 is 1.75 bits per heavy atom. The number of methoxy groups -OCH3 is 1. The number of phenols is 1. The molecule has 1 N–H and O–H groups in total. The van der Waals surface area contributed by atoms with Crippen LogP contribution in [0.4, 0.5) is 0 Å². The van der Waals surface area contributed by atoms with Gasteiger partial charge in [0.15, 0.2) is 0 Å². The van der Waals surface area contributed by atoms with Gasteiger partial charge in [0.05, 0.1) is 13.5 Å². The Labute approximate surface area is 144 Å². The summed E-state index contributed by atoms with van der Waals surface area (Å²) in [7, 11) is 1.37. The highest BCUT2D eigenvalue weighted by Gasteiger charge is 2.14. The minimum atomic E-state index is -0.332. The first kappa shape index (κ1) is 18.1. The van der Waals surface area contributed by atoms with E-state index in [1.807, 2.05) is 24.3 Å². The highest BCUT2D eigenvalue weighted by molar-refractivity contribution is 5.73. The van der Waals surface area contributed by atoms with Crippen molar-refractivity contribution in [1.82, 2.24) is 0 Å². The molecule has 0 amide bonds. The fourth-order valence-corrected chi connectivity index (χ4v) is 2.88. The van der Waals surface area contributed by atoms with Gasteiger partial charge in [0.25, 0.3) is 0 Å². The SMILES string of the molecule is CCCCCc1cc(Cc2ccccc2)cc(CC(=O)OC)c1O. The van der Waals surface area contributed by atoms with Crippen molar-refractivity contribution >= 4 is 5.97 Å². The Bertz CT molecular complexity index is 662. The molecule has 3 heteroatoms. The second-order valence-corrected chi connectivity index (χ2v) is 6.14. The van der Waals surface area contributed by atoms with Crippen LogP contribution >= 0.6 is 0 Å². The summed E-state index contributed by atoms with van der Waals surface area (Å²) < 4.78 is 4.76. The molecule has 2 rings (SSSR count). The Balaban J connectivity index is 2.29. The van der Waals surface area contributed by atoms with Crippen LogP contribution in [0.1, 0.15) is 48.4 Å². The van der Waals surface area contributed by atoms with Gasteiger partial charge in [0.2, 0.25) is 0 Å². The third kappa shape index (κ3) is 5.12. The number of esters is 1. The maximum Gasteiger partial charge on any atom is 0.310 e. The standard InChI is InChI=1S/C21H26O3/c1-3-4-6-11-18-13-17(12-16-9-7-5-8-10-16)14-19(21(18)23)15-20(22)24-2/h5,7-10,13-14,23H,3-4,6,11-12,15H2,1-2H3. The minimum Gasteiger partial charge on any atom is -0.507 e. The first-order chi connectivity index (χ1) is 11.6. The molecular weight excluding hydrogens is 300 g/mol. The van der Waals surface area contributed by atoms with Crippen LogP contribution in [0.3, 0.4) is 0 Å². The number of aryl methyl sites for hydroxylation is 1. The highest BCUT2D eigenvalue weighted by Crippen LogP contribution is 2.28. The van der Waals surface area contributed by atoms with Crippen LogP contribution in [0.25, 0.3) is 0 Å². The second-order valence-electron chi connectivity index (χ2n) is 6.14. The fourth-order valence-electron chi connectivity index (χ4n) is 2.88. The van der Waals surface area contributed by atoms with Crippen LogP contribution in [0, 0.1) is 0 Å². The van der Waals surface area contributed by atoms with Crippen LogP contribution in [-0.4, -0.2) is 18.2 Å². The molecule has 0 aromatic heterocycles. The zero-order valence-electron chi connectivity index (χ0n) is 14.5. The number of carbonyl (C=O) groups excluding carboxylic acids is 1. The van der Waals surface area contributed by atoms with Crippen molar-refractivity contribution < 1.29 is 14.6 Å². The van der Waals surface area contributed by atoms with E-state index in [-0.39, 0.29) is 18.1 Å². The molecule has 0 aliphatic heterocycles. The number of hydrogen-bond acceptors (Lipinski definition) is 3. The van der Waals surface area contributed by atoms with Gasteiger partial charge in [-0.05, 0) is 36.0 Å². The maximum absolute atomic E-state index is 11.6. The second kappa shape index (κ2) is 9.11. The number of hydrogen-bond donors (Lipinski definition) is 1. The Morgan fingerprint density at radius 3 is 2.42 bits per heavy atom. The molecule has 3 nitrogen and oxygen atoms in total. The van der Waals surface area contributed by atoms with E-state index in [9.17, 15) is 9.90 Å². The van der Waals surface area contributed by atoms with Crippen molar-refractivity contribution in [1.29, 1.82) is 0 Å². The molecule has 0 unspecified atom stereocenters. The lowest BCUT2D eigenvalue weighted by Crippen LogP contribution is -2.06. The van der Waals surface area contributed by atoms with Gasteiger partial charge in [-0.3, -0.25) is 4.79 Å². The van der Waals surface area contributed by atoms with Crippen LogP contribution < -0.4 is 0 Å². The molecule has 2 aromatic carbocycles. The minimum absolute atomic E-state index is 0.103. The van der Waals surface area contributed by atoms with E-state index in [1.165, 1.54) is 12.7 Å². The third-order valence-electron chi connectivity index (χ3n) is 4.19. The van der Waals surface area contributed by atoms with Crippen molar-refractivity contribution in [2.24, 2.45) is 0 Å². The Hall–Kier alpha value is -2.29. The largest absolute Gasteiger partial charge is 0.507 e. The summed E-state index contributed by atoms with van der Waals surface area (Å²) in [4.78, 5) is 11.6. The van der Waals surface area contributed by atoms with Gasteiger partial charge in [-0.25, -0.2) is 0 Å². The molecule has 0 aliphatic rings. The van der Waals surface area contributed by atoms with Crippen LogP contribution in [0.5, 0.6) is 5.75 Å². The molecule has 0 bridgehead atoms. The predicted octanol–water partition coefficient (Wildman–Crippen LogP) is 4.43. The van der Waals surface area contributed by atoms with Crippen molar-refractivity contribution in [3.8, 4) is 5.75 Å². The van der Waals surface area contributed by atoms with E-state index in [1.54, 1.807) is 0 Å². The fraction of sp³-hybridized carbons (Fsp3) is 0.381. The average Bonchev–Trinajstić information content (AvgIpc) is 2.59. The highest BCUT2D eigenvalue weighted by atomic mass is 16.5. The predicted molar refractivity (Wildman–Crippen MR) is 96.3 cm³/mol. The van der Waals surface area contributed by atoms with Gasteiger partial charge in [0.1, 0.15) is 5.75 Å². The van der Waals surface area contributed by atoms with E-state index in [4.69, 9.17) is 4.74 Å². The molecule has 128 valence electrons. The average molecular weight is 326 g/mol. The molecule has 0 saturated heterocycles. The van der Waals surface area contributed by atoms with Crippen molar-refractivity contribution in [3.63, 3.8) is 0 Å². The lowest BCUT2D eigenvalue weighted by Gasteiger charge is -2.13.